The van der Waals surface area contributed by atoms with Crippen LogP contribution in [-0.2, 0) is 4.84 Å². The van der Waals surface area contributed by atoms with Crippen molar-refractivity contribution in [1.82, 2.24) is 10.3 Å². The van der Waals surface area contributed by atoms with E-state index in [1.807, 2.05) is 11.1 Å². The highest BCUT2D eigenvalue weighted by Gasteiger charge is 2.51. The number of hydroxylamine groups is 1. The van der Waals surface area contributed by atoms with E-state index < -0.39 is 0 Å². The number of pyridine rings is 1. The first-order chi connectivity index (χ1) is 11.4. The maximum atomic E-state index is 11.9. The van der Waals surface area contributed by atoms with E-state index in [0.717, 1.165) is 12.8 Å². The zero-order valence-electron chi connectivity index (χ0n) is 14.5. The zero-order chi connectivity index (χ0) is 17.4. The lowest BCUT2D eigenvalue weighted by Crippen LogP contribution is -2.61. The van der Waals surface area contributed by atoms with Crippen LogP contribution in [0.5, 0.6) is 0 Å². The largest absolute Gasteiger partial charge is 0.395 e. The summed E-state index contributed by atoms with van der Waals surface area (Å²) in [6.45, 7) is 6.62. The number of carbonyl (C=O) groups is 1. The maximum absolute atomic E-state index is 11.9. The van der Waals surface area contributed by atoms with Crippen LogP contribution in [0, 0.1) is 5.92 Å². The summed E-state index contributed by atoms with van der Waals surface area (Å²) in [4.78, 5) is 22.7. The SMILES string of the molecule is CC(C)[C@]12C=C[C@](C)(CC1)N(c1ccc(C(=O)NCCO)cn1)O2. The van der Waals surface area contributed by atoms with Crippen molar-refractivity contribution in [2.75, 3.05) is 18.2 Å². The smallest absolute Gasteiger partial charge is 0.252 e. The molecule has 0 aromatic carbocycles. The van der Waals surface area contributed by atoms with Gasteiger partial charge in [-0.05, 0) is 37.8 Å². The highest BCUT2D eigenvalue weighted by atomic mass is 16.7. The van der Waals surface area contributed by atoms with Gasteiger partial charge in [-0.2, -0.15) is 0 Å². The monoisotopic (exact) mass is 331 g/mol. The van der Waals surface area contributed by atoms with Crippen molar-refractivity contribution in [1.29, 1.82) is 0 Å². The maximum Gasteiger partial charge on any atom is 0.252 e. The number of anilines is 1. The van der Waals surface area contributed by atoms with Crippen LogP contribution in [0.4, 0.5) is 5.82 Å². The molecule has 0 spiro atoms. The van der Waals surface area contributed by atoms with Gasteiger partial charge in [-0.25, -0.2) is 10.0 Å². The first-order valence-electron chi connectivity index (χ1n) is 8.45. The first kappa shape index (κ1) is 16.9. The summed E-state index contributed by atoms with van der Waals surface area (Å²) in [6.07, 6.45) is 7.94. The van der Waals surface area contributed by atoms with Crippen LogP contribution in [0.25, 0.3) is 0 Å². The van der Waals surface area contributed by atoms with Crippen LogP contribution < -0.4 is 10.4 Å². The topological polar surface area (TPSA) is 74.7 Å². The average molecular weight is 331 g/mol. The summed E-state index contributed by atoms with van der Waals surface area (Å²) in [6, 6.07) is 3.54. The number of hydrogen-bond donors (Lipinski definition) is 2. The van der Waals surface area contributed by atoms with E-state index >= 15 is 0 Å². The molecule has 3 aliphatic rings. The molecule has 1 fully saturated rings. The molecule has 6 nitrogen and oxygen atoms in total. The van der Waals surface area contributed by atoms with Gasteiger partial charge in [0.1, 0.15) is 5.60 Å². The fourth-order valence-corrected chi connectivity index (χ4v) is 3.26. The minimum Gasteiger partial charge on any atom is -0.395 e. The molecule has 24 heavy (non-hydrogen) atoms. The third kappa shape index (κ3) is 2.80. The Kier molecular flexibility index (Phi) is 4.36. The molecule has 0 unspecified atom stereocenters. The Balaban J connectivity index is 1.82. The van der Waals surface area contributed by atoms with Gasteiger partial charge in [0.2, 0.25) is 0 Å². The molecule has 1 amide bonds. The minimum absolute atomic E-state index is 0.0825. The standard InChI is InChI=1S/C18H25N3O3/c1-13(2)18-8-6-17(3,7-9-18)21(24-18)15-5-4-14(12-20-15)16(23)19-10-11-22/h4-6,8,12-13,22H,7,9-11H2,1-3H3,(H,19,23)/t17-,18+/m1/s1. The molecule has 1 aliphatic carbocycles. The van der Waals surface area contributed by atoms with E-state index in [4.69, 9.17) is 9.94 Å². The summed E-state index contributed by atoms with van der Waals surface area (Å²) in [5, 5.41) is 13.3. The van der Waals surface area contributed by atoms with Crippen molar-refractivity contribution in [3.8, 4) is 0 Å². The quantitative estimate of drug-likeness (QED) is 0.808. The van der Waals surface area contributed by atoms with Gasteiger partial charge in [-0.15, -0.1) is 0 Å². The van der Waals surface area contributed by atoms with Gasteiger partial charge in [0.15, 0.2) is 5.82 Å². The van der Waals surface area contributed by atoms with Crippen molar-refractivity contribution in [2.24, 2.45) is 5.92 Å². The van der Waals surface area contributed by atoms with Crippen molar-refractivity contribution in [2.45, 2.75) is 44.8 Å². The molecule has 1 aromatic heterocycles. The average Bonchev–Trinajstić information content (AvgIpc) is 2.60. The minimum atomic E-state index is -0.281. The number of nitrogens with zero attached hydrogens (tertiary/aromatic N) is 2. The van der Waals surface area contributed by atoms with E-state index in [2.05, 4.69) is 43.2 Å². The molecule has 6 heteroatoms. The summed E-state index contributed by atoms with van der Waals surface area (Å²) in [7, 11) is 0. The summed E-state index contributed by atoms with van der Waals surface area (Å²) in [5.41, 5.74) is -0.0328. The molecular weight excluding hydrogens is 306 g/mol. The molecule has 2 bridgehead atoms. The second kappa shape index (κ2) is 6.18. The van der Waals surface area contributed by atoms with E-state index in [1.165, 1.54) is 0 Å². The van der Waals surface area contributed by atoms with Crippen LogP contribution in [0.2, 0.25) is 0 Å². The van der Waals surface area contributed by atoms with Crippen molar-refractivity contribution in [3.63, 3.8) is 0 Å². The van der Waals surface area contributed by atoms with Crippen LogP contribution in [-0.4, -0.2) is 40.3 Å². The van der Waals surface area contributed by atoms with Gasteiger partial charge in [-0.1, -0.05) is 26.0 Å². The molecule has 130 valence electrons. The summed E-state index contributed by atoms with van der Waals surface area (Å²) < 4.78 is 0. The van der Waals surface area contributed by atoms with Crippen LogP contribution in [0.15, 0.2) is 30.5 Å². The molecule has 0 radical (unpaired) electrons. The fraction of sp³-hybridized carbons (Fsp3) is 0.556. The van der Waals surface area contributed by atoms with Crippen LogP contribution >= 0.6 is 0 Å². The van der Waals surface area contributed by atoms with E-state index in [1.54, 1.807) is 12.3 Å². The summed E-state index contributed by atoms with van der Waals surface area (Å²) in [5.74, 6) is 0.823. The van der Waals surface area contributed by atoms with Crippen LogP contribution in [0.3, 0.4) is 0 Å². The van der Waals surface area contributed by atoms with E-state index in [-0.39, 0.29) is 30.2 Å². The third-order valence-electron chi connectivity index (χ3n) is 5.06. The van der Waals surface area contributed by atoms with Gasteiger partial charge in [0, 0.05) is 12.7 Å². The number of hydrogen-bond acceptors (Lipinski definition) is 5. The van der Waals surface area contributed by atoms with Gasteiger partial charge in [0.25, 0.3) is 5.91 Å². The zero-order valence-corrected chi connectivity index (χ0v) is 14.5. The molecule has 3 heterocycles. The summed E-state index contributed by atoms with van der Waals surface area (Å²) >= 11 is 0. The molecule has 1 saturated heterocycles. The third-order valence-corrected chi connectivity index (χ3v) is 5.06. The molecule has 2 aliphatic heterocycles. The number of carbonyl (C=O) groups excluding carboxylic acids is 1. The Morgan fingerprint density at radius 1 is 1.42 bits per heavy atom. The number of aliphatic hydroxyl groups is 1. The Morgan fingerprint density at radius 2 is 2.21 bits per heavy atom. The lowest BCUT2D eigenvalue weighted by Gasteiger charge is -2.55. The molecule has 2 N–H and O–H groups in total. The highest BCUT2D eigenvalue weighted by molar-refractivity contribution is 5.94. The number of fused-ring (bicyclic) bond motifs is 2. The number of nitrogens with one attached hydrogen (secondary N) is 1. The van der Waals surface area contributed by atoms with E-state index in [9.17, 15) is 4.79 Å². The first-order valence-corrected chi connectivity index (χ1v) is 8.45. The number of aliphatic hydroxyl groups excluding tert-OH is 1. The lowest BCUT2D eigenvalue weighted by molar-refractivity contribution is -0.125. The predicted molar refractivity (Wildman–Crippen MR) is 91.6 cm³/mol. The van der Waals surface area contributed by atoms with Crippen molar-refractivity contribution in [3.05, 3.63) is 36.0 Å². The predicted octanol–water partition coefficient (Wildman–Crippen LogP) is 2.06. The Labute approximate surface area is 142 Å². The fourth-order valence-electron chi connectivity index (χ4n) is 3.26. The normalized spacial score (nSPS) is 28.5. The number of amides is 1. The second-order valence-corrected chi connectivity index (χ2v) is 7.07. The molecular formula is C18H25N3O3. The molecule has 0 saturated carbocycles. The van der Waals surface area contributed by atoms with Gasteiger partial charge in [-0.3, -0.25) is 9.63 Å². The van der Waals surface area contributed by atoms with E-state index in [0.29, 0.717) is 17.3 Å². The van der Waals surface area contributed by atoms with Crippen LogP contribution in [0.1, 0.15) is 44.0 Å². The van der Waals surface area contributed by atoms with Gasteiger partial charge < -0.3 is 10.4 Å². The number of aromatic nitrogens is 1. The Bertz CT molecular complexity index is 643. The Morgan fingerprint density at radius 3 is 2.75 bits per heavy atom. The van der Waals surface area contributed by atoms with Gasteiger partial charge >= 0.3 is 0 Å². The number of rotatable bonds is 5. The van der Waals surface area contributed by atoms with Gasteiger partial charge in [0.05, 0.1) is 17.7 Å². The molecule has 4 rings (SSSR count). The highest BCUT2D eigenvalue weighted by Crippen LogP contribution is 2.47. The second-order valence-electron chi connectivity index (χ2n) is 7.07. The van der Waals surface area contributed by atoms with Crippen molar-refractivity contribution >= 4 is 11.7 Å². The Hall–Kier alpha value is -1.92. The van der Waals surface area contributed by atoms with Crippen molar-refractivity contribution < 1.29 is 14.7 Å². The molecule has 1 aromatic rings. The lowest BCUT2D eigenvalue weighted by atomic mass is 9.74. The molecule has 2 atom stereocenters.